The van der Waals surface area contributed by atoms with E-state index in [0.29, 0.717) is 30.8 Å². The van der Waals surface area contributed by atoms with Crippen LogP contribution in [0.4, 0.5) is 11.4 Å². The van der Waals surface area contributed by atoms with Gasteiger partial charge in [0.2, 0.25) is 0 Å². The molecule has 1 heterocycles. The molecule has 7 nitrogen and oxygen atoms in total. The lowest BCUT2D eigenvalue weighted by Crippen LogP contribution is -2.42. The first-order chi connectivity index (χ1) is 9.81. The molecule has 2 unspecified atom stereocenters. The van der Waals surface area contributed by atoms with E-state index in [4.69, 9.17) is 5.11 Å². The third-order valence-electron chi connectivity index (χ3n) is 4.00. The largest absolute Gasteiger partial charge is 0.478 e. The maximum atomic E-state index is 11.2. The molecule has 1 saturated heterocycles. The van der Waals surface area contributed by atoms with Crippen LogP contribution < -0.4 is 4.90 Å². The standard InChI is InChI=1S/C14H18N2O5/c1-8-7-15(4-3-13(8)17)11-5-10(14(18)19)6-12(9(11)2)16(20)21/h5-6,8,13,17H,3-4,7H2,1-2H3,(H,18,19). The number of benzene rings is 1. The van der Waals surface area contributed by atoms with Crippen molar-refractivity contribution in [3.05, 3.63) is 33.4 Å². The molecule has 2 rings (SSSR count). The van der Waals surface area contributed by atoms with Gasteiger partial charge in [-0.3, -0.25) is 10.1 Å². The molecule has 1 fully saturated rings. The van der Waals surface area contributed by atoms with Gasteiger partial charge in [0.15, 0.2) is 0 Å². The van der Waals surface area contributed by atoms with Gasteiger partial charge in [-0.15, -0.1) is 0 Å². The number of aliphatic hydroxyl groups excluding tert-OH is 1. The summed E-state index contributed by atoms with van der Waals surface area (Å²) < 4.78 is 0. The van der Waals surface area contributed by atoms with Crippen LogP contribution in [0, 0.1) is 23.0 Å². The van der Waals surface area contributed by atoms with Crippen molar-refractivity contribution in [2.24, 2.45) is 5.92 Å². The summed E-state index contributed by atoms with van der Waals surface area (Å²) in [5.74, 6) is -1.16. The van der Waals surface area contributed by atoms with E-state index >= 15 is 0 Å². The van der Waals surface area contributed by atoms with Crippen LogP contribution >= 0.6 is 0 Å². The number of aliphatic hydroxyl groups is 1. The first kappa shape index (κ1) is 15.2. The molecule has 1 aliphatic heterocycles. The molecule has 1 aromatic carbocycles. The number of carbonyl (C=O) groups is 1. The van der Waals surface area contributed by atoms with E-state index < -0.39 is 10.9 Å². The van der Waals surface area contributed by atoms with Gasteiger partial charge in [0.05, 0.1) is 22.2 Å². The smallest absolute Gasteiger partial charge is 0.336 e. The molecule has 0 spiro atoms. The Kier molecular flexibility index (Phi) is 4.13. The van der Waals surface area contributed by atoms with Gasteiger partial charge in [0, 0.05) is 24.8 Å². The topological polar surface area (TPSA) is 104 Å². The molecule has 2 atom stereocenters. The van der Waals surface area contributed by atoms with Gasteiger partial charge in [0.1, 0.15) is 0 Å². The molecule has 21 heavy (non-hydrogen) atoms. The monoisotopic (exact) mass is 294 g/mol. The molecule has 0 aliphatic carbocycles. The molecule has 114 valence electrons. The van der Waals surface area contributed by atoms with Crippen LogP contribution in [0.5, 0.6) is 0 Å². The van der Waals surface area contributed by atoms with Crippen molar-refractivity contribution >= 4 is 17.3 Å². The molecule has 1 aromatic rings. The number of carboxylic acid groups (broad SMARTS) is 1. The van der Waals surface area contributed by atoms with E-state index in [1.54, 1.807) is 6.92 Å². The van der Waals surface area contributed by atoms with E-state index in [-0.39, 0.29) is 23.3 Å². The van der Waals surface area contributed by atoms with Crippen LogP contribution in [0.25, 0.3) is 0 Å². The number of rotatable bonds is 3. The fourth-order valence-electron chi connectivity index (χ4n) is 2.68. The van der Waals surface area contributed by atoms with Crippen molar-refractivity contribution in [3.63, 3.8) is 0 Å². The number of nitrogens with zero attached hydrogens (tertiary/aromatic N) is 2. The molecule has 0 aromatic heterocycles. The molecule has 0 radical (unpaired) electrons. The molecule has 7 heteroatoms. The van der Waals surface area contributed by atoms with Crippen LogP contribution in [-0.4, -0.2) is 40.3 Å². The molecular formula is C14H18N2O5. The van der Waals surface area contributed by atoms with Crippen molar-refractivity contribution in [2.75, 3.05) is 18.0 Å². The lowest BCUT2D eigenvalue weighted by molar-refractivity contribution is -0.385. The second-order valence-electron chi connectivity index (χ2n) is 5.48. The van der Waals surface area contributed by atoms with E-state index in [1.807, 2.05) is 11.8 Å². The van der Waals surface area contributed by atoms with E-state index in [2.05, 4.69) is 0 Å². The Morgan fingerprint density at radius 3 is 2.67 bits per heavy atom. The number of anilines is 1. The minimum atomic E-state index is -1.19. The van der Waals surface area contributed by atoms with Crippen LogP contribution in [0.15, 0.2) is 12.1 Å². The Bertz CT molecular complexity index is 587. The number of carboxylic acids is 1. The predicted molar refractivity (Wildman–Crippen MR) is 76.8 cm³/mol. The summed E-state index contributed by atoms with van der Waals surface area (Å²) in [6.07, 6.45) is 0.172. The lowest BCUT2D eigenvalue weighted by atomic mass is 9.95. The molecule has 0 amide bonds. The fraction of sp³-hybridized carbons (Fsp3) is 0.500. The molecule has 0 bridgehead atoms. The fourth-order valence-corrected chi connectivity index (χ4v) is 2.68. The van der Waals surface area contributed by atoms with Gasteiger partial charge in [-0.2, -0.15) is 0 Å². The third-order valence-corrected chi connectivity index (χ3v) is 4.00. The van der Waals surface area contributed by atoms with Crippen molar-refractivity contribution in [2.45, 2.75) is 26.4 Å². The van der Waals surface area contributed by atoms with Gasteiger partial charge in [-0.05, 0) is 25.3 Å². The summed E-state index contributed by atoms with van der Waals surface area (Å²) in [7, 11) is 0. The molecule has 0 saturated carbocycles. The van der Waals surface area contributed by atoms with Gasteiger partial charge in [0.25, 0.3) is 5.69 Å². The summed E-state index contributed by atoms with van der Waals surface area (Å²) >= 11 is 0. The average molecular weight is 294 g/mol. The van der Waals surface area contributed by atoms with E-state index in [1.165, 1.54) is 6.07 Å². The summed E-state index contributed by atoms with van der Waals surface area (Å²) in [6, 6.07) is 2.55. The number of hydrogen-bond acceptors (Lipinski definition) is 5. The van der Waals surface area contributed by atoms with Crippen molar-refractivity contribution in [1.82, 2.24) is 0 Å². The van der Waals surface area contributed by atoms with Gasteiger partial charge < -0.3 is 15.1 Å². The zero-order valence-corrected chi connectivity index (χ0v) is 11.9. The minimum Gasteiger partial charge on any atom is -0.478 e. The van der Waals surface area contributed by atoms with Crippen molar-refractivity contribution in [3.8, 4) is 0 Å². The highest BCUT2D eigenvalue weighted by molar-refractivity contribution is 5.90. The number of piperidine rings is 1. The highest BCUT2D eigenvalue weighted by atomic mass is 16.6. The SMILES string of the molecule is Cc1c(N2CCC(O)C(C)C2)cc(C(=O)O)cc1[N+](=O)[O-]. The summed E-state index contributed by atoms with van der Waals surface area (Å²) in [5, 5.41) is 30.0. The Balaban J connectivity index is 2.47. The summed E-state index contributed by atoms with van der Waals surface area (Å²) in [5.41, 5.74) is 0.721. The Morgan fingerprint density at radius 2 is 2.14 bits per heavy atom. The second kappa shape index (κ2) is 5.69. The number of nitro groups is 1. The van der Waals surface area contributed by atoms with Crippen LogP contribution in [0.3, 0.4) is 0 Å². The number of hydrogen-bond donors (Lipinski definition) is 2. The van der Waals surface area contributed by atoms with Crippen LogP contribution in [-0.2, 0) is 0 Å². The summed E-state index contributed by atoms with van der Waals surface area (Å²) in [6.45, 7) is 4.62. The Hall–Kier alpha value is -2.15. The number of aromatic carboxylic acids is 1. The van der Waals surface area contributed by atoms with Crippen molar-refractivity contribution in [1.29, 1.82) is 0 Å². The normalized spacial score (nSPS) is 22.1. The van der Waals surface area contributed by atoms with E-state index in [0.717, 1.165) is 6.07 Å². The molecule has 1 aliphatic rings. The maximum Gasteiger partial charge on any atom is 0.336 e. The predicted octanol–water partition coefficient (Wildman–Crippen LogP) is 1.81. The Morgan fingerprint density at radius 1 is 1.48 bits per heavy atom. The highest BCUT2D eigenvalue weighted by Gasteiger charge is 2.28. The number of nitro benzene ring substituents is 1. The van der Waals surface area contributed by atoms with Crippen molar-refractivity contribution < 1.29 is 19.9 Å². The van der Waals surface area contributed by atoms with E-state index in [9.17, 15) is 20.0 Å². The quantitative estimate of drug-likeness (QED) is 0.651. The third kappa shape index (κ3) is 2.97. The Labute approximate surface area is 122 Å². The zero-order valence-electron chi connectivity index (χ0n) is 11.9. The maximum absolute atomic E-state index is 11.2. The lowest BCUT2D eigenvalue weighted by Gasteiger charge is -2.36. The first-order valence-corrected chi connectivity index (χ1v) is 6.76. The average Bonchev–Trinajstić information content (AvgIpc) is 2.41. The minimum absolute atomic E-state index is 0.0330. The molecule has 2 N–H and O–H groups in total. The van der Waals surface area contributed by atoms with Gasteiger partial charge >= 0.3 is 5.97 Å². The highest BCUT2D eigenvalue weighted by Crippen LogP contribution is 2.33. The van der Waals surface area contributed by atoms with Gasteiger partial charge in [-0.25, -0.2) is 4.79 Å². The zero-order chi connectivity index (χ0) is 15.7. The first-order valence-electron chi connectivity index (χ1n) is 6.76. The second-order valence-corrected chi connectivity index (χ2v) is 5.48. The van der Waals surface area contributed by atoms with Crippen LogP contribution in [0.2, 0.25) is 0 Å². The van der Waals surface area contributed by atoms with Gasteiger partial charge in [-0.1, -0.05) is 6.92 Å². The molecular weight excluding hydrogens is 276 g/mol. The van der Waals surface area contributed by atoms with Crippen LogP contribution in [0.1, 0.15) is 29.3 Å². The summed E-state index contributed by atoms with van der Waals surface area (Å²) in [4.78, 5) is 23.6.